The second-order valence-electron chi connectivity index (χ2n) is 7.77. The molecule has 1 aromatic rings. The molecule has 1 aromatic heterocycles. The number of likely N-dealkylation sites (tertiary alicyclic amines) is 1. The van der Waals surface area contributed by atoms with Gasteiger partial charge in [-0.3, -0.25) is 9.59 Å². The number of hydrogen-bond donors (Lipinski definition) is 2. The molecule has 0 unspecified atom stereocenters. The first-order valence-corrected chi connectivity index (χ1v) is 8.53. The molecule has 2 amide bonds. The van der Waals surface area contributed by atoms with Crippen LogP contribution in [0.4, 0.5) is 0 Å². The summed E-state index contributed by atoms with van der Waals surface area (Å²) in [6.45, 7) is 8.72. The number of carbonyl (C=O) groups is 2. The molecule has 0 atom stereocenters. The smallest absolute Gasteiger partial charge is 0.240 e. The number of piperidine rings is 1. The fourth-order valence-electron chi connectivity index (χ4n) is 3.34. The average molecular weight is 334 g/mol. The number of amides is 2. The van der Waals surface area contributed by atoms with Crippen molar-refractivity contribution in [1.29, 1.82) is 0 Å². The number of rotatable bonds is 2. The molecule has 0 saturated carbocycles. The maximum absolute atomic E-state index is 12.5. The van der Waals surface area contributed by atoms with Crippen LogP contribution in [0.2, 0.25) is 0 Å². The number of aryl methyl sites for hydroxylation is 1. The highest BCUT2D eigenvalue weighted by molar-refractivity contribution is 5.87. The van der Waals surface area contributed by atoms with E-state index < -0.39 is 5.54 Å². The molecule has 2 saturated heterocycles. The van der Waals surface area contributed by atoms with Crippen LogP contribution in [0.25, 0.3) is 0 Å². The van der Waals surface area contributed by atoms with Crippen LogP contribution in [0.15, 0.2) is 10.6 Å². The third-order valence-corrected chi connectivity index (χ3v) is 5.04. The minimum Gasteiger partial charge on any atom is -0.361 e. The van der Waals surface area contributed by atoms with Crippen molar-refractivity contribution in [2.24, 2.45) is 5.41 Å². The maximum atomic E-state index is 12.5. The van der Waals surface area contributed by atoms with E-state index >= 15 is 0 Å². The van der Waals surface area contributed by atoms with Gasteiger partial charge in [0.1, 0.15) is 11.3 Å². The first-order chi connectivity index (χ1) is 11.3. The fraction of sp³-hybridized carbons (Fsp3) is 0.706. The van der Waals surface area contributed by atoms with Crippen molar-refractivity contribution in [3.63, 3.8) is 0 Å². The van der Waals surface area contributed by atoms with Crippen molar-refractivity contribution < 1.29 is 14.1 Å². The van der Waals surface area contributed by atoms with Gasteiger partial charge < -0.3 is 20.1 Å². The van der Waals surface area contributed by atoms with Crippen molar-refractivity contribution in [2.45, 2.75) is 45.6 Å². The summed E-state index contributed by atoms with van der Waals surface area (Å²) >= 11 is 0. The lowest BCUT2D eigenvalue weighted by Crippen LogP contribution is -2.61. The van der Waals surface area contributed by atoms with Crippen molar-refractivity contribution in [2.75, 3.05) is 26.2 Å². The lowest BCUT2D eigenvalue weighted by atomic mass is 9.86. The molecule has 24 heavy (non-hydrogen) atoms. The summed E-state index contributed by atoms with van der Waals surface area (Å²) in [6, 6.07) is 1.78. The Morgan fingerprint density at radius 3 is 2.67 bits per heavy atom. The van der Waals surface area contributed by atoms with Gasteiger partial charge in [-0.2, -0.15) is 0 Å². The van der Waals surface area contributed by atoms with E-state index in [9.17, 15) is 9.59 Å². The Bertz CT molecular complexity index is 630. The van der Waals surface area contributed by atoms with E-state index in [1.54, 1.807) is 6.07 Å². The monoisotopic (exact) mass is 334 g/mol. The lowest BCUT2D eigenvalue weighted by Gasteiger charge is -2.40. The molecule has 7 nitrogen and oxygen atoms in total. The first-order valence-electron chi connectivity index (χ1n) is 8.53. The highest BCUT2D eigenvalue weighted by Gasteiger charge is 2.44. The molecule has 0 radical (unpaired) electrons. The SMILES string of the molecule is Cc1cc(CC(=O)N2CCC3(CC2)NCC(C)(C)CNC3=O)on1. The average Bonchev–Trinajstić information content (AvgIpc) is 2.91. The molecule has 3 heterocycles. The molecule has 0 aliphatic carbocycles. The molecular formula is C17H26N4O3. The lowest BCUT2D eigenvalue weighted by molar-refractivity contribution is -0.137. The van der Waals surface area contributed by atoms with Crippen molar-refractivity contribution in [1.82, 2.24) is 20.7 Å². The van der Waals surface area contributed by atoms with Crippen LogP contribution in [0, 0.1) is 12.3 Å². The summed E-state index contributed by atoms with van der Waals surface area (Å²) in [5.41, 5.74) is 0.265. The Labute approximate surface area is 142 Å². The van der Waals surface area contributed by atoms with Gasteiger partial charge in [-0.05, 0) is 25.2 Å². The number of nitrogens with zero attached hydrogens (tertiary/aromatic N) is 2. The zero-order valence-corrected chi connectivity index (χ0v) is 14.6. The molecule has 3 rings (SSSR count). The predicted molar refractivity (Wildman–Crippen MR) is 88.3 cm³/mol. The van der Waals surface area contributed by atoms with Crippen LogP contribution in [0.5, 0.6) is 0 Å². The Morgan fingerprint density at radius 1 is 1.33 bits per heavy atom. The van der Waals surface area contributed by atoms with Gasteiger partial charge in [0.2, 0.25) is 11.8 Å². The predicted octanol–water partition coefficient (Wildman–Crippen LogP) is 0.632. The van der Waals surface area contributed by atoms with Crippen LogP contribution < -0.4 is 10.6 Å². The van der Waals surface area contributed by atoms with Gasteiger partial charge in [0.05, 0.1) is 12.1 Å². The molecule has 2 aliphatic heterocycles. The van der Waals surface area contributed by atoms with E-state index in [2.05, 4.69) is 29.6 Å². The molecule has 0 aromatic carbocycles. The largest absolute Gasteiger partial charge is 0.361 e. The molecule has 7 heteroatoms. The summed E-state index contributed by atoms with van der Waals surface area (Å²) < 4.78 is 5.12. The van der Waals surface area contributed by atoms with Crippen molar-refractivity contribution in [3.05, 3.63) is 17.5 Å². The Kier molecular flexibility index (Phi) is 4.38. The van der Waals surface area contributed by atoms with E-state index in [0.29, 0.717) is 38.2 Å². The van der Waals surface area contributed by atoms with E-state index in [1.807, 2.05) is 11.8 Å². The second-order valence-corrected chi connectivity index (χ2v) is 7.77. The summed E-state index contributed by atoms with van der Waals surface area (Å²) in [4.78, 5) is 26.8. The number of nitrogens with one attached hydrogen (secondary N) is 2. The Balaban J connectivity index is 1.60. The van der Waals surface area contributed by atoms with Gasteiger partial charge in [0, 0.05) is 32.2 Å². The summed E-state index contributed by atoms with van der Waals surface area (Å²) in [5, 5.41) is 10.3. The quantitative estimate of drug-likeness (QED) is 0.828. The van der Waals surface area contributed by atoms with Gasteiger partial charge in [-0.15, -0.1) is 0 Å². The molecule has 1 spiro atoms. The molecule has 2 N–H and O–H groups in total. The summed E-state index contributed by atoms with van der Waals surface area (Å²) in [7, 11) is 0. The molecule has 132 valence electrons. The molecule has 0 bridgehead atoms. The van der Waals surface area contributed by atoms with Crippen molar-refractivity contribution in [3.8, 4) is 0 Å². The Hall–Kier alpha value is -1.89. The number of carbonyl (C=O) groups excluding carboxylic acids is 2. The third kappa shape index (κ3) is 3.45. The van der Waals surface area contributed by atoms with Crippen molar-refractivity contribution >= 4 is 11.8 Å². The highest BCUT2D eigenvalue weighted by atomic mass is 16.5. The van der Waals surface area contributed by atoms with Gasteiger partial charge >= 0.3 is 0 Å². The zero-order chi connectivity index (χ0) is 17.4. The molecule has 2 aliphatic rings. The summed E-state index contributed by atoms with van der Waals surface area (Å²) in [6.07, 6.45) is 1.49. The maximum Gasteiger partial charge on any atom is 0.240 e. The number of hydrogen-bond acceptors (Lipinski definition) is 5. The topological polar surface area (TPSA) is 87.5 Å². The fourth-order valence-corrected chi connectivity index (χ4v) is 3.34. The second kappa shape index (κ2) is 6.20. The normalized spacial score (nSPS) is 23.0. The van der Waals surface area contributed by atoms with E-state index in [-0.39, 0.29) is 23.7 Å². The van der Waals surface area contributed by atoms with Gasteiger partial charge in [-0.1, -0.05) is 19.0 Å². The molecule has 2 fully saturated rings. The van der Waals surface area contributed by atoms with Gasteiger partial charge in [0.25, 0.3) is 0 Å². The highest BCUT2D eigenvalue weighted by Crippen LogP contribution is 2.27. The number of aromatic nitrogens is 1. The van der Waals surface area contributed by atoms with Crippen LogP contribution >= 0.6 is 0 Å². The minimum absolute atomic E-state index is 0.0235. The van der Waals surface area contributed by atoms with Crippen LogP contribution in [-0.4, -0.2) is 53.6 Å². The van der Waals surface area contributed by atoms with E-state index in [0.717, 1.165) is 12.2 Å². The first kappa shape index (κ1) is 17.0. The standard InChI is InChI=1S/C17H26N4O3/c1-12-8-13(24-20-12)9-14(22)21-6-4-17(5-7-21)15(23)18-10-16(2,3)11-19-17/h8,19H,4-7,9-11H2,1-3H3,(H,18,23). The van der Waals surface area contributed by atoms with Crippen LogP contribution in [0.1, 0.15) is 38.1 Å². The van der Waals surface area contributed by atoms with Crippen LogP contribution in [0.3, 0.4) is 0 Å². The summed E-state index contributed by atoms with van der Waals surface area (Å²) in [5.74, 6) is 0.672. The van der Waals surface area contributed by atoms with Crippen LogP contribution in [-0.2, 0) is 16.0 Å². The minimum atomic E-state index is -0.548. The van der Waals surface area contributed by atoms with E-state index in [1.165, 1.54) is 0 Å². The zero-order valence-electron chi connectivity index (χ0n) is 14.6. The molecular weight excluding hydrogens is 308 g/mol. The van der Waals surface area contributed by atoms with Gasteiger partial charge in [-0.25, -0.2) is 0 Å². The Morgan fingerprint density at radius 2 is 2.04 bits per heavy atom. The van der Waals surface area contributed by atoms with Gasteiger partial charge in [0.15, 0.2) is 0 Å². The third-order valence-electron chi connectivity index (χ3n) is 5.04. The van der Waals surface area contributed by atoms with E-state index in [4.69, 9.17) is 4.52 Å².